The Morgan fingerprint density at radius 3 is 2.78 bits per heavy atom. The van der Waals surface area contributed by atoms with Crippen molar-refractivity contribution in [3.05, 3.63) is 18.3 Å². The van der Waals surface area contributed by atoms with Crippen molar-refractivity contribution in [1.82, 2.24) is 4.98 Å². The van der Waals surface area contributed by atoms with Crippen LogP contribution in [0.5, 0.6) is 0 Å². The first-order valence-electron chi connectivity index (χ1n) is 6.75. The number of anilines is 2. The average molecular weight is 247 g/mol. The number of hydrogen-bond acceptors (Lipinski definition) is 3. The normalized spacial score (nSPS) is 16.4. The number of rotatable bonds is 4. The highest BCUT2D eigenvalue weighted by molar-refractivity contribution is 5.90. The Hall–Kier alpha value is -1.58. The molecule has 0 atom stereocenters. The lowest BCUT2D eigenvalue weighted by atomic mass is 9.86. The Morgan fingerprint density at radius 1 is 1.33 bits per heavy atom. The Labute approximate surface area is 108 Å². The van der Waals surface area contributed by atoms with E-state index < -0.39 is 0 Å². The van der Waals surface area contributed by atoms with E-state index in [0.29, 0.717) is 12.2 Å². The predicted molar refractivity (Wildman–Crippen MR) is 73.1 cm³/mol. The fraction of sp³-hybridized carbons (Fsp3) is 0.571. The quantitative estimate of drug-likeness (QED) is 0.859. The standard InChI is InChI=1S/C14H21N3O/c15-13-8-7-12(10-16-13)17-14(18)9-6-11-4-2-1-3-5-11/h7-8,10-11H,1-6,9H2,(H2,15,16)(H,17,18). The van der Waals surface area contributed by atoms with Crippen LogP contribution in [0.25, 0.3) is 0 Å². The monoisotopic (exact) mass is 247 g/mol. The molecule has 0 aromatic carbocycles. The van der Waals surface area contributed by atoms with Gasteiger partial charge >= 0.3 is 0 Å². The molecule has 0 spiro atoms. The van der Waals surface area contributed by atoms with E-state index in [2.05, 4.69) is 10.3 Å². The fourth-order valence-corrected chi connectivity index (χ4v) is 2.51. The molecule has 1 fully saturated rings. The van der Waals surface area contributed by atoms with Gasteiger partial charge in [-0.1, -0.05) is 32.1 Å². The SMILES string of the molecule is Nc1ccc(NC(=O)CCC2CCCCC2)cn1. The summed E-state index contributed by atoms with van der Waals surface area (Å²) < 4.78 is 0. The van der Waals surface area contributed by atoms with Gasteiger partial charge in [-0.3, -0.25) is 4.79 Å². The van der Waals surface area contributed by atoms with Gasteiger partial charge < -0.3 is 11.1 Å². The average Bonchev–Trinajstić information content (AvgIpc) is 2.40. The van der Waals surface area contributed by atoms with Gasteiger partial charge in [0.2, 0.25) is 5.91 Å². The molecule has 4 heteroatoms. The summed E-state index contributed by atoms with van der Waals surface area (Å²) in [5.41, 5.74) is 6.21. The topological polar surface area (TPSA) is 68.0 Å². The van der Waals surface area contributed by atoms with Crippen molar-refractivity contribution in [3.63, 3.8) is 0 Å². The Balaban J connectivity index is 1.73. The molecule has 1 aliphatic carbocycles. The van der Waals surface area contributed by atoms with Crippen molar-refractivity contribution < 1.29 is 4.79 Å². The minimum absolute atomic E-state index is 0.0761. The lowest BCUT2D eigenvalue weighted by molar-refractivity contribution is -0.116. The van der Waals surface area contributed by atoms with Crippen LogP contribution >= 0.6 is 0 Å². The van der Waals surface area contributed by atoms with E-state index >= 15 is 0 Å². The van der Waals surface area contributed by atoms with E-state index in [4.69, 9.17) is 5.73 Å². The Morgan fingerprint density at radius 2 is 2.11 bits per heavy atom. The molecule has 0 saturated heterocycles. The third kappa shape index (κ3) is 4.02. The summed E-state index contributed by atoms with van der Waals surface area (Å²) in [6.45, 7) is 0. The molecule has 0 unspecified atom stereocenters. The first kappa shape index (κ1) is 12.9. The molecule has 0 bridgehead atoms. The molecule has 1 aliphatic rings. The van der Waals surface area contributed by atoms with Gasteiger partial charge in [-0.15, -0.1) is 0 Å². The number of aromatic nitrogens is 1. The molecule has 2 rings (SSSR count). The van der Waals surface area contributed by atoms with E-state index in [-0.39, 0.29) is 5.91 Å². The maximum atomic E-state index is 11.8. The van der Waals surface area contributed by atoms with E-state index in [1.165, 1.54) is 32.1 Å². The lowest BCUT2D eigenvalue weighted by Crippen LogP contribution is -2.15. The third-order valence-electron chi connectivity index (χ3n) is 3.57. The largest absolute Gasteiger partial charge is 0.384 e. The maximum absolute atomic E-state index is 11.8. The fourth-order valence-electron chi connectivity index (χ4n) is 2.51. The first-order valence-corrected chi connectivity index (χ1v) is 6.75. The lowest BCUT2D eigenvalue weighted by Gasteiger charge is -2.20. The molecule has 1 aromatic rings. The smallest absolute Gasteiger partial charge is 0.224 e. The second kappa shape index (κ2) is 6.38. The van der Waals surface area contributed by atoms with Crippen molar-refractivity contribution in [2.24, 2.45) is 5.92 Å². The number of carbonyl (C=O) groups is 1. The molecule has 1 heterocycles. The van der Waals surface area contributed by atoms with E-state index in [1.807, 2.05) is 0 Å². The third-order valence-corrected chi connectivity index (χ3v) is 3.57. The molecule has 0 radical (unpaired) electrons. The van der Waals surface area contributed by atoms with Crippen LogP contribution in [0.15, 0.2) is 18.3 Å². The minimum atomic E-state index is 0.0761. The van der Waals surface area contributed by atoms with Gasteiger partial charge in [0.25, 0.3) is 0 Å². The molecule has 1 saturated carbocycles. The summed E-state index contributed by atoms with van der Waals surface area (Å²) in [5, 5.41) is 2.85. The zero-order valence-corrected chi connectivity index (χ0v) is 10.7. The Bertz CT molecular complexity index is 383. The molecule has 4 nitrogen and oxygen atoms in total. The number of pyridine rings is 1. The van der Waals surface area contributed by atoms with Crippen LogP contribution in [0.1, 0.15) is 44.9 Å². The highest BCUT2D eigenvalue weighted by Gasteiger charge is 2.14. The number of hydrogen-bond donors (Lipinski definition) is 2. The van der Waals surface area contributed by atoms with Gasteiger partial charge in [0.05, 0.1) is 11.9 Å². The molecule has 1 aromatic heterocycles. The zero-order chi connectivity index (χ0) is 12.8. The summed E-state index contributed by atoms with van der Waals surface area (Å²) in [6, 6.07) is 3.47. The van der Waals surface area contributed by atoms with Crippen LogP contribution in [0.2, 0.25) is 0 Å². The summed E-state index contributed by atoms with van der Waals surface area (Å²) in [7, 11) is 0. The highest BCUT2D eigenvalue weighted by atomic mass is 16.1. The predicted octanol–water partition coefficient (Wildman–Crippen LogP) is 2.96. The molecule has 3 N–H and O–H groups in total. The van der Waals surface area contributed by atoms with Crippen LogP contribution in [0.3, 0.4) is 0 Å². The summed E-state index contributed by atoms with van der Waals surface area (Å²) in [5.74, 6) is 1.29. The van der Waals surface area contributed by atoms with Crippen LogP contribution in [0, 0.1) is 5.92 Å². The van der Waals surface area contributed by atoms with Gasteiger partial charge in [-0.2, -0.15) is 0 Å². The van der Waals surface area contributed by atoms with E-state index in [1.54, 1.807) is 18.3 Å². The van der Waals surface area contributed by atoms with E-state index in [9.17, 15) is 4.79 Å². The number of nitrogens with two attached hydrogens (primary N) is 1. The van der Waals surface area contributed by atoms with Gasteiger partial charge in [0.15, 0.2) is 0 Å². The second-order valence-electron chi connectivity index (χ2n) is 5.06. The van der Waals surface area contributed by atoms with Crippen molar-refractivity contribution in [3.8, 4) is 0 Å². The molecular formula is C14H21N3O. The van der Waals surface area contributed by atoms with Crippen LogP contribution in [0.4, 0.5) is 11.5 Å². The first-order chi connectivity index (χ1) is 8.74. The second-order valence-corrected chi connectivity index (χ2v) is 5.06. The highest BCUT2D eigenvalue weighted by Crippen LogP contribution is 2.27. The number of nitrogen functional groups attached to an aromatic ring is 1. The number of nitrogens with zero attached hydrogens (tertiary/aromatic N) is 1. The van der Waals surface area contributed by atoms with Gasteiger partial charge in [0.1, 0.15) is 5.82 Å². The number of amides is 1. The van der Waals surface area contributed by atoms with Crippen LogP contribution < -0.4 is 11.1 Å². The minimum Gasteiger partial charge on any atom is -0.384 e. The van der Waals surface area contributed by atoms with Crippen molar-refractivity contribution in [1.29, 1.82) is 0 Å². The summed E-state index contributed by atoms with van der Waals surface area (Å²) in [4.78, 5) is 15.7. The van der Waals surface area contributed by atoms with Gasteiger partial charge in [-0.05, 0) is 24.5 Å². The molecule has 98 valence electrons. The zero-order valence-electron chi connectivity index (χ0n) is 10.7. The maximum Gasteiger partial charge on any atom is 0.224 e. The van der Waals surface area contributed by atoms with Crippen molar-refractivity contribution in [2.45, 2.75) is 44.9 Å². The van der Waals surface area contributed by atoms with Crippen molar-refractivity contribution >= 4 is 17.4 Å². The summed E-state index contributed by atoms with van der Waals surface area (Å²) >= 11 is 0. The van der Waals surface area contributed by atoms with Gasteiger partial charge in [0, 0.05) is 6.42 Å². The van der Waals surface area contributed by atoms with Gasteiger partial charge in [-0.25, -0.2) is 4.98 Å². The Kier molecular flexibility index (Phi) is 4.56. The van der Waals surface area contributed by atoms with E-state index in [0.717, 1.165) is 18.0 Å². The number of nitrogens with one attached hydrogen (secondary N) is 1. The number of carbonyl (C=O) groups excluding carboxylic acids is 1. The van der Waals surface area contributed by atoms with Crippen molar-refractivity contribution in [2.75, 3.05) is 11.1 Å². The van der Waals surface area contributed by atoms with Crippen LogP contribution in [-0.4, -0.2) is 10.9 Å². The van der Waals surface area contributed by atoms with Crippen LogP contribution in [-0.2, 0) is 4.79 Å². The summed E-state index contributed by atoms with van der Waals surface area (Å²) in [6.07, 6.45) is 9.80. The molecule has 0 aliphatic heterocycles. The molecule has 18 heavy (non-hydrogen) atoms. The molecule has 1 amide bonds. The molecular weight excluding hydrogens is 226 g/mol.